The molecular formula is C27H30N2O10. The van der Waals surface area contributed by atoms with Crippen molar-refractivity contribution in [1.29, 1.82) is 0 Å². The molecule has 1 aromatic carbocycles. The Kier molecular flexibility index (Phi) is 6.49. The van der Waals surface area contributed by atoms with E-state index in [1.54, 1.807) is 6.08 Å². The average Bonchev–Trinajstić information content (AvgIpc) is 3.31. The minimum absolute atomic E-state index is 0.170. The number of hydrogen-bond donors (Lipinski definition) is 6. The minimum atomic E-state index is -1.63. The number of benzene rings is 1. The van der Waals surface area contributed by atoms with Crippen molar-refractivity contribution in [1.82, 2.24) is 9.88 Å². The van der Waals surface area contributed by atoms with Gasteiger partial charge in [0.15, 0.2) is 6.29 Å². The van der Waals surface area contributed by atoms with Crippen LogP contribution in [0.15, 0.2) is 48.8 Å². The summed E-state index contributed by atoms with van der Waals surface area (Å²) < 4.78 is 17.1. The summed E-state index contributed by atoms with van der Waals surface area (Å²) in [6.45, 7) is 3.29. The molecule has 208 valence electrons. The molecule has 0 radical (unpaired) electrons. The number of aromatic amines is 1. The van der Waals surface area contributed by atoms with Crippen molar-refractivity contribution in [3.8, 4) is 0 Å². The third-order valence-electron chi connectivity index (χ3n) is 8.39. The molecule has 5 heterocycles. The molecule has 2 saturated heterocycles. The number of aliphatic hydroxyl groups excluding tert-OH is 4. The number of rotatable bonds is 5. The van der Waals surface area contributed by atoms with Gasteiger partial charge in [0.05, 0.1) is 24.5 Å². The number of nitrogens with zero attached hydrogens (tertiary/aromatic N) is 1. The number of carbonyl (C=O) groups is 2. The van der Waals surface area contributed by atoms with Gasteiger partial charge in [-0.25, -0.2) is 4.79 Å². The largest absolute Gasteiger partial charge is 0.480 e. The zero-order valence-electron chi connectivity index (χ0n) is 20.8. The van der Waals surface area contributed by atoms with Crippen LogP contribution >= 0.6 is 0 Å². The molecule has 0 saturated carbocycles. The molecule has 2 aromatic rings. The van der Waals surface area contributed by atoms with E-state index in [-0.39, 0.29) is 12.0 Å². The van der Waals surface area contributed by atoms with Crippen LogP contribution in [0.1, 0.15) is 23.7 Å². The number of amides is 1. The Bertz CT molecular complexity index is 1340. The number of aromatic nitrogens is 1. The fourth-order valence-corrected chi connectivity index (χ4v) is 6.40. The van der Waals surface area contributed by atoms with Crippen molar-refractivity contribution in [3.05, 3.63) is 60.0 Å². The molecule has 1 aromatic heterocycles. The van der Waals surface area contributed by atoms with Crippen molar-refractivity contribution in [3.63, 3.8) is 0 Å². The first kappa shape index (κ1) is 26.0. The number of piperidine rings is 1. The SMILES string of the molecule is C=C[C@@H]1[C@H](O[C@@H]2O[C@H](CO)[C@@H](O)[C@H](O)[C@H]2O)OC=C2C(=O)N3[C@H](C[C@H]21)c1[nH]c2ccccc2c1C[C@H]3C(=O)O. The lowest BCUT2D eigenvalue weighted by Gasteiger charge is -2.49. The van der Waals surface area contributed by atoms with Gasteiger partial charge in [0, 0.05) is 34.9 Å². The van der Waals surface area contributed by atoms with Gasteiger partial charge in [-0.2, -0.15) is 0 Å². The topological polar surface area (TPSA) is 182 Å². The van der Waals surface area contributed by atoms with Crippen molar-refractivity contribution in [2.75, 3.05) is 6.61 Å². The maximum absolute atomic E-state index is 13.8. The first-order valence-corrected chi connectivity index (χ1v) is 12.8. The number of para-hydroxylation sites is 1. The van der Waals surface area contributed by atoms with Gasteiger partial charge in [-0.15, -0.1) is 6.58 Å². The van der Waals surface area contributed by atoms with Crippen LogP contribution < -0.4 is 0 Å². The Labute approximate surface area is 222 Å². The fourth-order valence-electron chi connectivity index (χ4n) is 6.40. The van der Waals surface area contributed by atoms with Crippen LogP contribution in [0.25, 0.3) is 10.9 Å². The number of hydrogen-bond acceptors (Lipinski definition) is 9. The Morgan fingerprint density at radius 2 is 1.95 bits per heavy atom. The lowest BCUT2D eigenvalue weighted by molar-refractivity contribution is -0.339. The first-order valence-electron chi connectivity index (χ1n) is 12.8. The number of carboxylic acid groups (broad SMARTS) is 1. The van der Waals surface area contributed by atoms with Gasteiger partial charge >= 0.3 is 5.97 Å². The van der Waals surface area contributed by atoms with E-state index in [1.807, 2.05) is 24.3 Å². The summed E-state index contributed by atoms with van der Waals surface area (Å²) >= 11 is 0. The van der Waals surface area contributed by atoms with E-state index in [0.717, 1.165) is 22.2 Å². The number of carboxylic acids is 1. The fraction of sp³-hybridized carbons (Fsp3) is 0.481. The molecule has 4 aliphatic rings. The normalized spacial score (nSPS) is 37.8. The number of ether oxygens (including phenoxy) is 3. The second kappa shape index (κ2) is 9.73. The Hall–Kier alpha value is -3.26. The van der Waals surface area contributed by atoms with E-state index in [4.69, 9.17) is 14.2 Å². The predicted molar refractivity (Wildman–Crippen MR) is 133 cm³/mol. The van der Waals surface area contributed by atoms with Crippen LogP contribution in [-0.4, -0.2) is 96.9 Å². The number of nitrogens with one attached hydrogen (secondary N) is 1. The van der Waals surface area contributed by atoms with Crippen LogP contribution in [0.2, 0.25) is 0 Å². The third kappa shape index (κ3) is 3.98. The van der Waals surface area contributed by atoms with E-state index in [2.05, 4.69) is 11.6 Å². The van der Waals surface area contributed by atoms with Crippen LogP contribution in [0, 0.1) is 11.8 Å². The predicted octanol–water partition coefficient (Wildman–Crippen LogP) is -0.0743. The van der Waals surface area contributed by atoms with Crippen molar-refractivity contribution in [2.24, 2.45) is 11.8 Å². The smallest absolute Gasteiger partial charge is 0.326 e. The van der Waals surface area contributed by atoms with Gasteiger partial charge in [-0.3, -0.25) is 4.79 Å². The molecule has 10 atom stereocenters. The molecule has 12 heteroatoms. The van der Waals surface area contributed by atoms with E-state index in [1.165, 1.54) is 11.2 Å². The molecule has 12 nitrogen and oxygen atoms in total. The van der Waals surface area contributed by atoms with Crippen LogP contribution in [-0.2, 0) is 30.2 Å². The summed E-state index contributed by atoms with van der Waals surface area (Å²) in [6, 6.07) is 6.01. The van der Waals surface area contributed by atoms with Gasteiger partial charge in [-0.1, -0.05) is 24.3 Å². The average molecular weight is 543 g/mol. The Morgan fingerprint density at radius 1 is 1.18 bits per heavy atom. The first-order chi connectivity index (χ1) is 18.7. The maximum atomic E-state index is 13.8. The lowest BCUT2D eigenvalue weighted by Crippen LogP contribution is -2.60. The lowest BCUT2D eigenvalue weighted by atomic mass is 9.73. The number of H-pyrrole nitrogens is 1. The second-order valence-corrected chi connectivity index (χ2v) is 10.4. The standard InChI is InChI=1S/C27H30N2O10/c1-2-11-13-7-17-20-14(12-5-3-4-6-16(12)28-20)8-18(25(35)36)29(17)24(34)15(13)10-37-26(11)39-27-23(33)22(32)21(31)19(9-30)38-27/h2-6,10-11,13,17-19,21-23,26-28,30-33H,1,7-9H2,(H,35,36)/t11-,13-,17+,18-,19+,21+,22-,23+,26-,27-/m0/s1. The van der Waals surface area contributed by atoms with Gasteiger partial charge in [0.2, 0.25) is 6.29 Å². The molecule has 0 spiro atoms. The molecule has 6 rings (SSSR count). The highest BCUT2D eigenvalue weighted by atomic mass is 16.8. The summed E-state index contributed by atoms with van der Waals surface area (Å²) in [5, 5.41) is 51.1. The summed E-state index contributed by atoms with van der Waals surface area (Å²) in [5.74, 6) is -2.62. The maximum Gasteiger partial charge on any atom is 0.326 e. The van der Waals surface area contributed by atoms with Crippen molar-refractivity contribution in [2.45, 2.75) is 61.9 Å². The molecule has 39 heavy (non-hydrogen) atoms. The van der Waals surface area contributed by atoms with Gasteiger partial charge in [0.25, 0.3) is 5.91 Å². The van der Waals surface area contributed by atoms with Crippen LogP contribution in [0.5, 0.6) is 0 Å². The zero-order chi connectivity index (χ0) is 27.6. The molecule has 1 amide bonds. The highest BCUT2D eigenvalue weighted by Crippen LogP contribution is 2.49. The quantitative estimate of drug-likeness (QED) is 0.280. The van der Waals surface area contributed by atoms with E-state index in [9.17, 15) is 35.1 Å². The summed E-state index contributed by atoms with van der Waals surface area (Å²) in [6.07, 6.45) is -5.14. The molecular weight excluding hydrogens is 512 g/mol. The summed E-state index contributed by atoms with van der Waals surface area (Å²) in [4.78, 5) is 30.9. The number of carbonyl (C=O) groups excluding carboxylic acids is 1. The summed E-state index contributed by atoms with van der Waals surface area (Å²) in [7, 11) is 0. The van der Waals surface area contributed by atoms with Crippen molar-refractivity contribution < 1.29 is 49.3 Å². The van der Waals surface area contributed by atoms with Gasteiger partial charge in [0.1, 0.15) is 30.5 Å². The highest BCUT2D eigenvalue weighted by molar-refractivity contribution is 5.99. The third-order valence-corrected chi connectivity index (χ3v) is 8.39. The van der Waals surface area contributed by atoms with E-state index >= 15 is 0 Å². The molecule has 6 N–H and O–H groups in total. The van der Waals surface area contributed by atoms with Gasteiger partial charge in [-0.05, 0) is 18.1 Å². The molecule has 0 aliphatic carbocycles. The highest BCUT2D eigenvalue weighted by Gasteiger charge is 2.53. The summed E-state index contributed by atoms with van der Waals surface area (Å²) in [5.41, 5.74) is 2.81. The molecule has 2 fully saturated rings. The van der Waals surface area contributed by atoms with Crippen LogP contribution in [0.4, 0.5) is 0 Å². The monoisotopic (exact) mass is 542 g/mol. The van der Waals surface area contributed by atoms with E-state index in [0.29, 0.717) is 6.42 Å². The number of aliphatic hydroxyl groups is 4. The number of aliphatic carboxylic acids is 1. The van der Waals surface area contributed by atoms with E-state index < -0.39 is 79.4 Å². The zero-order valence-corrected chi connectivity index (χ0v) is 20.8. The molecule has 4 aliphatic heterocycles. The Morgan fingerprint density at radius 3 is 2.67 bits per heavy atom. The Balaban J connectivity index is 1.33. The van der Waals surface area contributed by atoms with Gasteiger partial charge < -0.3 is 49.6 Å². The molecule has 0 unspecified atom stereocenters. The van der Waals surface area contributed by atoms with Crippen LogP contribution in [0.3, 0.4) is 0 Å². The molecule has 0 bridgehead atoms. The van der Waals surface area contributed by atoms with Crippen molar-refractivity contribution >= 4 is 22.8 Å². The minimum Gasteiger partial charge on any atom is -0.480 e. The number of fused-ring (bicyclic) bond motifs is 6. The second-order valence-electron chi connectivity index (χ2n) is 10.4.